The van der Waals surface area contributed by atoms with E-state index in [1.54, 1.807) is 41.6 Å². The maximum atomic E-state index is 14.9. The van der Waals surface area contributed by atoms with Crippen LogP contribution in [0.4, 0.5) is 26.5 Å². The lowest BCUT2D eigenvalue weighted by atomic mass is 10.0. The Morgan fingerprint density at radius 1 is 1.22 bits per heavy atom. The van der Waals surface area contributed by atoms with Crippen molar-refractivity contribution in [1.82, 2.24) is 30.0 Å². The second kappa shape index (κ2) is 8.85. The van der Waals surface area contributed by atoms with Gasteiger partial charge in [-0.3, -0.25) is 4.90 Å². The molecule has 2 amide bonds. The van der Waals surface area contributed by atoms with Crippen molar-refractivity contribution in [3.63, 3.8) is 0 Å². The van der Waals surface area contributed by atoms with E-state index in [1.807, 2.05) is 12.1 Å². The van der Waals surface area contributed by atoms with Crippen LogP contribution >= 0.6 is 0 Å². The van der Waals surface area contributed by atoms with E-state index in [4.69, 9.17) is 4.98 Å². The number of piperidine rings is 1. The van der Waals surface area contributed by atoms with Crippen LogP contribution in [-0.4, -0.2) is 68.0 Å². The second-order valence-corrected chi connectivity index (χ2v) is 9.17. The maximum Gasteiger partial charge on any atom is 0.323 e. The predicted molar refractivity (Wildman–Crippen MR) is 133 cm³/mol. The van der Waals surface area contributed by atoms with Gasteiger partial charge in [0.05, 0.1) is 41.3 Å². The highest BCUT2D eigenvalue weighted by atomic mass is 19.1. The summed E-state index contributed by atoms with van der Waals surface area (Å²) in [6.07, 6.45) is 4.21. The SMILES string of the molecule is CN1CCC2C(C1)NC(=O)N2c1ccc2cnc(Nc3ccc(-n4ccc(CO)n4)cc3F)cc2n1. The van der Waals surface area contributed by atoms with Crippen LogP contribution in [-0.2, 0) is 6.61 Å². The second-order valence-electron chi connectivity index (χ2n) is 9.17. The first kappa shape index (κ1) is 22.4. The van der Waals surface area contributed by atoms with Crippen molar-refractivity contribution in [1.29, 1.82) is 0 Å². The van der Waals surface area contributed by atoms with Gasteiger partial charge in [0.25, 0.3) is 0 Å². The number of benzene rings is 1. The summed E-state index contributed by atoms with van der Waals surface area (Å²) in [5.74, 6) is 0.550. The highest BCUT2D eigenvalue weighted by molar-refractivity contribution is 5.96. The number of rotatable bonds is 5. The van der Waals surface area contributed by atoms with Crippen LogP contribution in [0.2, 0.25) is 0 Å². The van der Waals surface area contributed by atoms with E-state index in [2.05, 4.69) is 32.7 Å². The molecule has 0 radical (unpaired) electrons. The van der Waals surface area contributed by atoms with E-state index in [9.17, 15) is 14.3 Å². The predicted octanol–water partition coefficient (Wildman–Crippen LogP) is 2.79. The van der Waals surface area contributed by atoms with Crippen LogP contribution in [0.1, 0.15) is 12.1 Å². The summed E-state index contributed by atoms with van der Waals surface area (Å²) in [7, 11) is 2.06. The van der Waals surface area contributed by atoms with Crippen molar-refractivity contribution in [2.24, 2.45) is 0 Å². The van der Waals surface area contributed by atoms with E-state index in [-0.39, 0.29) is 30.4 Å². The third-order valence-corrected chi connectivity index (χ3v) is 6.73. The molecule has 0 aliphatic carbocycles. The number of aromatic nitrogens is 4. The molecule has 10 nitrogen and oxygen atoms in total. The third-order valence-electron chi connectivity index (χ3n) is 6.73. The van der Waals surface area contributed by atoms with Crippen molar-refractivity contribution in [2.75, 3.05) is 30.4 Å². The molecular formula is C25H25FN8O2. The molecule has 36 heavy (non-hydrogen) atoms. The number of carbonyl (C=O) groups is 1. The van der Waals surface area contributed by atoms with Crippen LogP contribution in [0.15, 0.2) is 54.9 Å². The van der Waals surface area contributed by atoms with Crippen LogP contribution in [0.5, 0.6) is 0 Å². The molecule has 2 aliphatic heterocycles. The van der Waals surface area contributed by atoms with E-state index in [0.717, 1.165) is 24.9 Å². The Bertz CT molecular complexity index is 1460. The Morgan fingerprint density at radius 3 is 2.92 bits per heavy atom. The zero-order valence-corrected chi connectivity index (χ0v) is 19.6. The van der Waals surface area contributed by atoms with E-state index in [0.29, 0.717) is 28.5 Å². The summed E-state index contributed by atoms with van der Waals surface area (Å²) in [5, 5.41) is 20.3. The fourth-order valence-corrected chi connectivity index (χ4v) is 4.89. The largest absolute Gasteiger partial charge is 0.390 e. The summed E-state index contributed by atoms with van der Waals surface area (Å²) in [5.41, 5.74) is 1.94. The smallest absolute Gasteiger partial charge is 0.323 e. The topological polar surface area (TPSA) is 111 Å². The Labute approximate surface area is 206 Å². The van der Waals surface area contributed by atoms with Gasteiger partial charge in [0, 0.05) is 36.5 Å². The maximum absolute atomic E-state index is 14.9. The number of likely N-dealkylation sites (tertiary alicyclic amines) is 1. The molecule has 2 unspecified atom stereocenters. The minimum atomic E-state index is -0.473. The molecule has 4 aromatic rings. The lowest BCUT2D eigenvalue weighted by molar-refractivity contribution is 0.229. The van der Waals surface area contributed by atoms with E-state index in [1.165, 1.54) is 10.7 Å². The molecule has 0 saturated carbocycles. The number of urea groups is 1. The minimum absolute atomic E-state index is 0.0638. The Kier molecular flexibility index (Phi) is 5.50. The van der Waals surface area contributed by atoms with Crippen LogP contribution in [0.25, 0.3) is 16.6 Å². The molecular weight excluding hydrogens is 463 g/mol. The number of anilines is 3. The number of amides is 2. The van der Waals surface area contributed by atoms with Gasteiger partial charge in [0.1, 0.15) is 17.5 Å². The minimum Gasteiger partial charge on any atom is -0.390 e. The van der Waals surface area contributed by atoms with Crippen LogP contribution < -0.4 is 15.5 Å². The van der Waals surface area contributed by atoms with Crippen molar-refractivity contribution < 1.29 is 14.3 Å². The number of hydrogen-bond donors (Lipinski definition) is 3. The molecule has 2 saturated heterocycles. The lowest BCUT2D eigenvalue weighted by Gasteiger charge is -2.34. The molecule has 5 heterocycles. The van der Waals surface area contributed by atoms with Crippen molar-refractivity contribution in [3.8, 4) is 5.69 Å². The average molecular weight is 489 g/mol. The first-order valence-corrected chi connectivity index (χ1v) is 11.8. The summed E-state index contributed by atoms with van der Waals surface area (Å²) in [4.78, 5) is 25.9. The van der Waals surface area contributed by atoms with Crippen molar-refractivity contribution in [3.05, 3.63) is 66.4 Å². The number of halogens is 1. The van der Waals surface area contributed by atoms with Gasteiger partial charge >= 0.3 is 6.03 Å². The zero-order valence-electron chi connectivity index (χ0n) is 19.6. The Balaban J connectivity index is 1.25. The van der Waals surface area contributed by atoms with Crippen molar-refractivity contribution in [2.45, 2.75) is 25.1 Å². The normalized spacial score (nSPS) is 20.0. The number of aliphatic hydroxyl groups excluding tert-OH is 1. The van der Waals surface area contributed by atoms with Gasteiger partial charge in [-0.1, -0.05) is 0 Å². The van der Waals surface area contributed by atoms with Gasteiger partial charge < -0.3 is 20.6 Å². The van der Waals surface area contributed by atoms with Gasteiger partial charge in [0.2, 0.25) is 0 Å². The highest BCUT2D eigenvalue weighted by Crippen LogP contribution is 2.29. The summed E-state index contributed by atoms with van der Waals surface area (Å²) >= 11 is 0. The first-order chi connectivity index (χ1) is 17.5. The van der Waals surface area contributed by atoms with Crippen molar-refractivity contribution >= 4 is 34.3 Å². The standard InChI is InChI=1S/C25H25FN8O2/c1-32-8-7-22-21(13-32)30-25(36)34(22)24-5-2-15-12-27-23(11-20(15)29-24)28-19-4-3-17(10-18(19)26)33-9-6-16(14-35)31-33/h2-6,9-12,21-22,35H,7-8,13-14H2,1H3,(H,27,28)(H,30,36). The van der Waals surface area contributed by atoms with Gasteiger partial charge in [-0.05, 0) is 50.3 Å². The number of carbonyl (C=O) groups excluding carboxylic acids is 1. The summed E-state index contributed by atoms with van der Waals surface area (Å²) in [6, 6.07) is 11.8. The third kappa shape index (κ3) is 4.01. The van der Waals surface area contributed by atoms with Crippen LogP contribution in [0.3, 0.4) is 0 Å². The first-order valence-electron chi connectivity index (χ1n) is 11.8. The molecule has 2 aliphatic rings. The number of fused-ring (bicyclic) bond motifs is 2. The van der Waals surface area contributed by atoms with Gasteiger partial charge in [-0.2, -0.15) is 5.10 Å². The lowest BCUT2D eigenvalue weighted by Crippen LogP contribution is -2.50. The quantitative estimate of drug-likeness (QED) is 0.396. The molecule has 184 valence electrons. The molecule has 2 fully saturated rings. The highest BCUT2D eigenvalue weighted by Gasteiger charge is 2.43. The Hall–Kier alpha value is -4.09. The summed E-state index contributed by atoms with van der Waals surface area (Å²) < 4.78 is 16.4. The number of aliphatic hydroxyl groups is 1. The number of nitrogens with zero attached hydrogens (tertiary/aromatic N) is 6. The molecule has 2 atom stereocenters. The zero-order chi connectivity index (χ0) is 24.8. The average Bonchev–Trinajstić information content (AvgIpc) is 3.48. The van der Waals surface area contributed by atoms with E-state index >= 15 is 0 Å². The molecule has 3 aromatic heterocycles. The number of nitrogens with one attached hydrogen (secondary N) is 2. The molecule has 6 rings (SSSR count). The fraction of sp³-hybridized carbons (Fsp3) is 0.280. The molecule has 1 aromatic carbocycles. The molecule has 11 heteroatoms. The van der Waals surface area contributed by atoms with Gasteiger partial charge in [0.15, 0.2) is 0 Å². The molecule has 0 spiro atoms. The Morgan fingerprint density at radius 2 is 2.11 bits per heavy atom. The number of likely N-dealkylation sites (N-methyl/N-ethyl adjacent to an activating group) is 1. The monoisotopic (exact) mass is 488 g/mol. The number of hydrogen-bond acceptors (Lipinski definition) is 7. The summed E-state index contributed by atoms with van der Waals surface area (Å²) in [6.45, 7) is 1.55. The van der Waals surface area contributed by atoms with Gasteiger partial charge in [-0.25, -0.2) is 23.8 Å². The number of pyridine rings is 2. The van der Waals surface area contributed by atoms with Crippen LogP contribution in [0, 0.1) is 5.82 Å². The van der Waals surface area contributed by atoms with Gasteiger partial charge in [-0.15, -0.1) is 0 Å². The van der Waals surface area contributed by atoms with E-state index < -0.39 is 5.82 Å². The molecule has 0 bridgehead atoms. The fourth-order valence-electron chi connectivity index (χ4n) is 4.89. The molecule has 3 N–H and O–H groups in total.